The molecule has 0 atom stereocenters. The SMILES string of the molecule is COc1ccc(-c2nc(-c3ccccc3Br)no2)cc1O. The molecule has 1 aromatic heterocycles. The molecule has 1 N–H and O–H groups in total. The van der Waals surface area contributed by atoms with Gasteiger partial charge in [-0.1, -0.05) is 33.2 Å². The van der Waals surface area contributed by atoms with Crippen molar-refractivity contribution in [3.8, 4) is 34.3 Å². The first-order valence-corrected chi connectivity index (χ1v) is 6.94. The minimum Gasteiger partial charge on any atom is -0.504 e. The molecule has 0 saturated carbocycles. The van der Waals surface area contributed by atoms with Gasteiger partial charge in [0, 0.05) is 15.6 Å². The van der Waals surface area contributed by atoms with Crippen LogP contribution in [0, 0.1) is 0 Å². The summed E-state index contributed by atoms with van der Waals surface area (Å²) in [4.78, 5) is 4.35. The van der Waals surface area contributed by atoms with Gasteiger partial charge in [-0.25, -0.2) is 0 Å². The van der Waals surface area contributed by atoms with E-state index in [4.69, 9.17) is 9.26 Å². The molecule has 0 bridgehead atoms. The highest BCUT2D eigenvalue weighted by molar-refractivity contribution is 9.10. The molecule has 3 aromatic rings. The van der Waals surface area contributed by atoms with Gasteiger partial charge < -0.3 is 14.4 Å². The van der Waals surface area contributed by atoms with Crippen molar-refractivity contribution < 1.29 is 14.4 Å². The van der Waals surface area contributed by atoms with Gasteiger partial charge >= 0.3 is 0 Å². The normalized spacial score (nSPS) is 10.6. The van der Waals surface area contributed by atoms with Crippen LogP contribution in [0.15, 0.2) is 51.5 Å². The molecular weight excluding hydrogens is 336 g/mol. The lowest BCUT2D eigenvalue weighted by molar-refractivity contribution is 0.373. The molecule has 0 aliphatic rings. The van der Waals surface area contributed by atoms with Crippen molar-refractivity contribution in [1.82, 2.24) is 10.1 Å². The highest BCUT2D eigenvalue weighted by Gasteiger charge is 2.14. The van der Waals surface area contributed by atoms with E-state index in [-0.39, 0.29) is 5.75 Å². The summed E-state index contributed by atoms with van der Waals surface area (Å²) < 4.78 is 11.1. The molecule has 1 heterocycles. The van der Waals surface area contributed by atoms with E-state index in [1.807, 2.05) is 24.3 Å². The number of aromatic hydroxyl groups is 1. The van der Waals surface area contributed by atoms with E-state index in [0.717, 1.165) is 10.0 Å². The van der Waals surface area contributed by atoms with Gasteiger partial charge in [0.25, 0.3) is 5.89 Å². The molecule has 0 spiro atoms. The van der Waals surface area contributed by atoms with Crippen molar-refractivity contribution in [3.63, 3.8) is 0 Å². The van der Waals surface area contributed by atoms with Gasteiger partial charge in [0.1, 0.15) is 0 Å². The molecule has 0 unspecified atom stereocenters. The first-order valence-electron chi connectivity index (χ1n) is 6.15. The van der Waals surface area contributed by atoms with Crippen molar-refractivity contribution in [2.45, 2.75) is 0 Å². The standard InChI is InChI=1S/C15H11BrN2O3/c1-20-13-7-6-9(8-12(13)19)15-17-14(18-21-15)10-4-2-3-5-11(10)16/h2-8,19H,1H3. The average molecular weight is 347 g/mol. The van der Waals surface area contributed by atoms with E-state index in [1.54, 1.807) is 12.1 Å². The van der Waals surface area contributed by atoms with Gasteiger partial charge in [-0.2, -0.15) is 4.98 Å². The van der Waals surface area contributed by atoms with E-state index in [1.165, 1.54) is 13.2 Å². The summed E-state index contributed by atoms with van der Waals surface area (Å²) in [7, 11) is 1.49. The summed E-state index contributed by atoms with van der Waals surface area (Å²) in [5.74, 6) is 1.23. The van der Waals surface area contributed by atoms with Crippen LogP contribution in [0.3, 0.4) is 0 Å². The second-order valence-electron chi connectivity index (χ2n) is 4.29. The first kappa shape index (κ1) is 13.6. The maximum atomic E-state index is 9.80. The van der Waals surface area contributed by atoms with Crippen LogP contribution in [0.5, 0.6) is 11.5 Å². The fraction of sp³-hybridized carbons (Fsp3) is 0.0667. The Labute approximate surface area is 129 Å². The number of phenols is 1. The van der Waals surface area contributed by atoms with E-state index in [2.05, 4.69) is 26.1 Å². The Hall–Kier alpha value is -2.34. The lowest BCUT2D eigenvalue weighted by Crippen LogP contribution is -1.85. The number of hydrogen-bond acceptors (Lipinski definition) is 5. The molecule has 0 amide bonds. The lowest BCUT2D eigenvalue weighted by atomic mass is 10.2. The predicted octanol–water partition coefficient (Wildman–Crippen LogP) is 3.88. The fourth-order valence-corrected chi connectivity index (χ4v) is 2.38. The van der Waals surface area contributed by atoms with Crippen LogP contribution in [-0.4, -0.2) is 22.4 Å². The maximum absolute atomic E-state index is 9.80. The quantitative estimate of drug-likeness (QED) is 0.779. The summed E-state index contributed by atoms with van der Waals surface area (Å²) in [6.07, 6.45) is 0. The van der Waals surface area contributed by atoms with Crippen molar-refractivity contribution in [2.24, 2.45) is 0 Å². The molecule has 2 aromatic carbocycles. The summed E-state index contributed by atoms with van der Waals surface area (Å²) in [6.45, 7) is 0. The first-order chi connectivity index (χ1) is 10.2. The van der Waals surface area contributed by atoms with E-state index in [0.29, 0.717) is 23.0 Å². The third kappa shape index (κ3) is 2.62. The van der Waals surface area contributed by atoms with E-state index in [9.17, 15) is 5.11 Å². The Morgan fingerprint density at radius 1 is 1.19 bits per heavy atom. The summed E-state index contributed by atoms with van der Waals surface area (Å²) in [5, 5.41) is 13.8. The highest BCUT2D eigenvalue weighted by atomic mass is 79.9. The van der Waals surface area contributed by atoms with Gasteiger partial charge in [0.05, 0.1) is 7.11 Å². The van der Waals surface area contributed by atoms with Crippen molar-refractivity contribution in [1.29, 1.82) is 0 Å². The van der Waals surface area contributed by atoms with Gasteiger partial charge in [0.2, 0.25) is 5.82 Å². The summed E-state index contributed by atoms with van der Waals surface area (Å²) >= 11 is 3.45. The second kappa shape index (κ2) is 5.57. The summed E-state index contributed by atoms with van der Waals surface area (Å²) in [6, 6.07) is 12.5. The van der Waals surface area contributed by atoms with Crippen LogP contribution < -0.4 is 4.74 Å². The number of nitrogens with zero attached hydrogens (tertiary/aromatic N) is 2. The molecular formula is C15H11BrN2O3. The van der Waals surface area contributed by atoms with Gasteiger partial charge in [0.15, 0.2) is 11.5 Å². The molecule has 0 aliphatic heterocycles. The number of rotatable bonds is 3. The average Bonchev–Trinajstić information content (AvgIpc) is 2.97. The minimum atomic E-state index is 0.0237. The molecule has 0 saturated heterocycles. The Bertz CT molecular complexity index is 786. The smallest absolute Gasteiger partial charge is 0.258 e. The number of halogens is 1. The van der Waals surface area contributed by atoms with Crippen LogP contribution in [-0.2, 0) is 0 Å². The maximum Gasteiger partial charge on any atom is 0.258 e. The monoisotopic (exact) mass is 346 g/mol. The zero-order valence-electron chi connectivity index (χ0n) is 11.1. The van der Waals surface area contributed by atoms with Crippen molar-refractivity contribution in [2.75, 3.05) is 7.11 Å². The largest absolute Gasteiger partial charge is 0.504 e. The predicted molar refractivity (Wildman–Crippen MR) is 81.1 cm³/mol. The molecule has 0 aliphatic carbocycles. The third-order valence-corrected chi connectivity index (χ3v) is 3.66. The third-order valence-electron chi connectivity index (χ3n) is 2.97. The van der Waals surface area contributed by atoms with Crippen LogP contribution in [0.4, 0.5) is 0 Å². The second-order valence-corrected chi connectivity index (χ2v) is 5.14. The van der Waals surface area contributed by atoms with E-state index >= 15 is 0 Å². The number of hydrogen-bond donors (Lipinski definition) is 1. The molecule has 6 heteroatoms. The van der Waals surface area contributed by atoms with Crippen LogP contribution in [0.25, 0.3) is 22.8 Å². The minimum absolute atomic E-state index is 0.0237. The van der Waals surface area contributed by atoms with Gasteiger partial charge in [-0.05, 0) is 30.3 Å². The Morgan fingerprint density at radius 3 is 2.71 bits per heavy atom. The van der Waals surface area contributed by atoms with Crippen molar-refractivity contribution in [3.05, 3.63) is 46.9 Å². The fourth-order valence-electron chi connectivity index (χ4n) is 1.92. The Balaban J connectivity index is 1.99. The molecule has 0 fully saturated rings. The van der Waals surface area contributed by atoms with Crippen molar-refractivity contribution >= 4 is 15.9 Å². The zero-order valence-corrected chi connectivity index (χ0v) is 12.7. The zero-order chi connectivity index (χ0) is 14.8. The molecule has 5 nitrogen and oxygen atoms in total. The number of benzene rings is 2. The molecule has 106 valence electrons. The molecule has 3 rings (SSSR count). The number of aromatic nitrogens is 2. The summed E-state index contributed by atoms with van der Waals surface area (Å²) in [5.41, 5.74) is 1.46. The Morgan fingerprint density at radius 2 is 2.00 bits per heavy atom. The highest BCUT2D eigenvalue weighted by Crippen LogP contribution is 2.32. The Kier molecular flexibility index (Phi) is 3.62. The van der Waals surface area contributed by atoms with Gasteiger partial charge in [-0.3, -0.25) is 0 Å². The van der Waals surface area contributed by atoms with Gasteiger partial charge in [-0.15, -0.1) is 0 Å². The number of ether oxygens (including phenoxy) is 1. The topological polar surface area (TPSA) is 68.4 Å². The van der Waals surface area contributed by atoms with Crippen LogP contribution in [0.1, 0.15) is 0 Å². The van der Waals surface area contributed by atoms with Crippen LogP contribution >= 0.6 is 15.9 Å². The number of methoxy groups -OCH3 is 1. The molecule has 21 heavy (non-hydrogen) atoms. The number of phenolic OH excluding ortho intramolecular Hbond substituents is 1. The van der Waals surface area contributed by atoms with E-state index < -0.39 is 0 Å². The van der Waals surface area contributed by atoms with Crippen LogP contribution in [0.2, 0.25) is 0 Å². The lowest BCUT2D eigenvalue weighted by Gasteiger charge is -2.03. The molecule has 0 radical (unpaired) electrons.